The summed E-state index contributed by atoms with van der Waals surface area (Å²) in [5.41, 5.74) is 6.16. The molecule has 47 heavy (non-hydrogen) atoms. The van der Waals surface area contributed by atoms with Crippen molar-refractivity contribution in [3.63, 3.8) is 0 Å². The van der Waals surface area contributed by atoms with Crippen LogP contribution in [0.4, 0.5) is 5.69 Å². The highest BCUT2D eigenvalue weighted by Crippen LogP contribution is 2.33. The van der Waals surface area contributed by atoms with Crippen molar-refractivity contribution in [2.24, 2.45) is 4.99 Å². The van der Waals surface area contributed by atoms with Crippen LogP contribution >= 0.6 is 22.9 Å². The number of hydrogen-bond acceptors (Lipinski definition) is 5. The van der Waals surface area contributed by atoms with E-state index in [2.05, 4.69) is 28.9 Å². The first-order chi connectivity index (χ1) is 22.8. The van der Waals surface area contributed by atoms with Gasteiger partial charge in [0.2, 0.25) is 0 Å². The van der Waals surface area contributed by atoms with E-state index >= 15 is 0 Å². The fraction of sp³-hybridized carbons (Fsp3) is 0.132. The van der Waals surface area contributed by atoms with E-state index in [1.54, 1.807) is 11.7 Å². The summed E-state index contributed by atoms with van der Waals surface area (Å²) in [4.78, 5) is 33.7. The molecule has 0 radical (unpaired) electrons. The standard InChI is InChI=1S/C38H31ClN4O3S/c1-23-34(36(44)41-27-14-5-4-6-15-27)35(25-13-11-16-28(20-25)46-3)43-37(45)33(47-38(43)40-23)21-30-24(2)42(32-19-10-8-17-29(30)32)22-26-12-7-9-18-31(26)39/h4-21,35H,22H2,1-3H3,(H,41,44)/b33-21-/t35-/m0/s1. The molecule has 1 N–H and O–H groups in total. The van der Waals surface area contributed by atoms with Gasteiger partial charge in [0.05, 0.1) is 29.0 Å². The van der Waals surface area contributed by atoms with Crippen molar-refractivity contribution in [3.8, 4) is 5.75 Å². The third kappa shape index (κ3) is 5.60. The van der Waals surface area contributed by atoms with Crippen molar-refractivity contribution >= 4 is 51.5 Å². The normalized spacial score (nSPS) is 14.6. The van der Waals surface area contributed by atoms with Gasteiger partial charge in [0.15, 0.2) is 4.80 Å². The Balaban J connectivity index is 1.40. The average Bonchev–Trinajstić information content (AvgIpc) is 3.53. The van der Waals surface area contributed by atoms with Crippen LogP contribution in [0.1, 0.15) is 35.3 Å². The van der Waals surface area contributed by atoms with Crippen LogP contribution in [0.15, 0.2) is 124 Å². The average molecular weight is 659 g/mol. The van der Waals surface area contributed by atoms with Crippen molar-refractivity contribution in [2.75, 3.05) is 12.4 Å². The van der Waals surface area contributed by atoms with Crippen LogP contribution in [0, 0.1) is 6.92 Å². The Morgan fingerprint density at radius 1 is 0.979 bits per heavy atom. The van der Waals surface area contributed by atoms with E-state index in [0.717, 1.165) is 33.3 Å². The first kappa shape index (κ1) is 30.5. The van der Waals surface area contributed by atoms with Gasteiger partial charge in [-0.3, -0.25) is 14.2 Å². The minimum absolute atomic E-state index is 0.221. The summed E-state index contributed by atoms with van der Waals surface area (Å²) in [7, 11) is 1.60. The lowest BCUT2D eigenvalue weighted by molar-refractivity contribution is -0.113. The highest BCUT2D eigenvalue weighted by molar-refractivity contribution is 7.07. The van der Waals surface area contributed by atoms with Crippen molar-refractivity contribution < 1.29 is 9.53 Å². The van der Waals surface area contributed by atoms with E-state index in [0.29, 0.717) is 43.6 Å². The SMILES string of the molecule is COc1cccc([C@H]2C(C(=O)Nc3ccccc3)=C(C)N=c3s/c(=C\c4c(C)n(Cc5ccccc5Cl)c5ccccc45)c(=O)n32)c1. The molecule has 0 saturated carbocycles. The van der Waals surface area contributed by atoms with Crippen LogP contribution < -0.4 is 24.9 Å². The van der Waals surface area contributed by atoms with Gasteiger partial charge in [-0.1, -0.05) is 89.7 Å². The van der Waals surface area contributed by atoms with E-state index < -0.39 is 6.04 Å². The second-order valence-corrected chi connectivity index (χ2v) is 12.8. The summed E-state index contributed by atoms with van der Waals surface area (Å²) < 4.78 is 9.92. The number of rotatable bonds is 7. The summed E-state index contributed by atoms with van der Waals surface area (Å²) in [6.07, 6.45) is 1.95. The molecule has 234 valence electrons. The molecule has 1 amide bonds. The minimum atomic E-state index is -0.713. The third-order valence-electron chi connectivity index (χ3n) is 8.55. The van der Waals surface area contributed by atoms with Crippen molar-refractivity contribution in [2.45, 2.75) is 26.4 Å². The van der Waals surface area contributed by atoms with Crippen LogP contribution in [-0.2, 0) is 11.3 Å². The van der Waals surface area contributed by atoms with Crippen molar-refractivity contribution in [1.82, 2.24) is 9.13 Å². The van der Waals surface area contributed by atoms with Gasteiger partial charge in [0, 0.05) is 39.4 Å². The van der Waals surface area contributed by atoms with Gasteiger partial charge in [0.25, 0.3) is 11.5 Å². The number of anilines is 1. The molecular formula is C38H31ClN4O3S. The molecule has 0 bridgehead atoms. The van der Waals surface area contributed by atoms with E-state index in [-0.39, 0.29) is 11.5 Å². The Bertz CT molecular complexity index is 2390. The van der Waals surface area contributed by atoms with E-state index in [1.807, 2.05) is 104 Å². The molecule has 1 aliphatic rings. The minimum Gasteiger partial charge on any atom is -0.497 e. The maximum absolute atomic E-state index is 14.5. The number of benzene rings is 4. The number of methoxy groups -OCH3 is 1. The van der Waals surface area contributed by atoms with Gasteiger partial charge in [-0.25, -0.2) is 4.99 Å². The lowest BCUT2D eigenvalue weighted by Gasteiger charge is -2.25. The molecule has 0 aliphatic carbocycles. The monoisotopic (exact) mass is 658 g/mol. The summed E-state index contributed by atoms with van der Waals surface area (Å²) in [6, 6.07) is 32.0. The van der Waals surface area contributed by atoms with Crippen molar-refractivity contribution in [3.05, 3.63) is 161 Å². The number of nitrogens with zero attached hydrogens (tertiary/aromatic N) is 3. The molecule has 1 aliphatic heterocycles. The Labute approximate surface area is 280 Å². The number of amides is 1. The van der Waals surface area contributed by atoms with Crippen LogP contribution in [0.25, 0.3) is 17.0 Å². The molecule has 0 spiro atoms. The zero-order valence-electron chi connectivity index (χ0n) is 26.0. The Morgan fingerprint density at radius 3 is 2.51 bits per heavy atom. The molecule has 6 aromatic rings. The van der Waals surface area contributed by atoms with Crippen LogP contribution in [0.3, 0.4) is 0 Å². The molecule has 0 unspecified atom stereocenters. The van der Waals surface area contributed by atoms with Crippen LogP contribution in [0.5, 0.6) is 5.75 Å². The number of carbonyl (C=O) groups is 1. The van der Waals surface area contributed by atoms with E-state index in [9.17, 15) is 9.59 Å². The van der Waals surface area contributed by atoms with Gasteiger partial charge in [-0.2, -0.15) is 0 Å². The lowest BCUT2D eigenvalue weighted by atomic mass is 9.95. The Hall–Kier alpha value is -5.18. The number of para-hydroxylation sites is 2. The predicted molar refractivity (Wildman–Crippen MR) is 189 cm³/mol. The summed E-state index contributed by atoms with van der Waals surface area (Å²) in [6.45, 7) is 4.47. The summed E-state index contributed by atoms with van der Waals surface area (Å²) in [5, 5.41) is 4.74. The quantitative estimate of drug-likeness (QED) is 0.204. The fourth-order valence-corrected chi connectivity index (χ4v) is 7.45. The molecule has 0 fully saturated rings. The molecule has 1 atom stereocenters. The van der Waals surface area contributed by atoms with E-state index in [1.165, 1.54) is 11.3 Å². The number of ether oxygens (including phenoxy) is 1. The highest BCUT2D eigenvalue weighted by atomic mass is 35.5. The van der Waals surface area contributed by atoms with Gasteiger partial charge in [0.1, 0.15) is 5.75 Å². The predicted octanol–water partition coefficient (Wildman–Crippen LogP) is 6.85. The van der Waals surface area contributed by atoms with E-state index in [4.69, 9.17) is 21.3 Å². The fourth-order valence-electron chi connectivity index (χ4n) is 6.23. The van der Waals surface area contributed by atoms with Crippen LogP contribution in [0.2, 0.25) is 5.02 Å². The smallest absolute Gasteiger partial charge is 0.271 e. The first-order valence-electron chi connectivity index (χ1n) is 15.2. The summed E-state index contributed by atoms with van der Waals surface area (Å²) in [5.74, 6) is 0.307. The number of fused-ring (bicyclic) bond motifs is 2. The number of thiazole rings is 1. The number of carbonyl (C=O) groups excluding carboxylic acids is 1. The van der Waals surface area contributed by atoms with Gasteiger partial charge >= 0.3 is 0 Å². The molecule has 4 aromatic carbocycles. The highest BCUT2D eigenvalue weighted by Gasteiger charge is 2.33. The molecular weight excluding hydrogens is 628 g/mol. The zero-order valence-corrected chi connectivity index (χ0v) is 27.6. The molecule has 7 rings (SSSR count). The third-order valence-corrected chi connectivity index (χ3v) is 9.90. The Morgan fingerprint density at radius 2 is 1.72 bits per heavy atom. The number of hydrogen-bond donors (Lipinski definition) is 1. The first-order valence-corrected chi connectivity index (χ1v) is 16.4. The zero-order chi connectivity index (χ0) is 32.7. The van der Waals surface area contributed by atoms with Crippen LogP contribution in [-0.4, -0.2) is 22.2 Å². The number of nitrogens with one attached hydrogen (secondary N) is 1. The van der Waals surface area contributed by atoms with Crippen molar-refractivity contribution in [1.29, 1.82) is 0 Å². The molecule has 2 aromatic heterocycles. The number of aromatic nitrogens is 2. The lowest BCUT2D eigenvalue weighted by Crippen LogP contribution is -2.40. The van der Waals surface area contributed by atoms with Gasteiger partial charge in [-0.05, 0) is 67.4 Å². The molecule has 7 nitrogen and oxygen atoms in total. The molecule has 0 saturated heterocycles. The Kier molecular flexibility index (Phi) is 8.14. The maximum Gasteiger partial charge on any atom is 0.271 e. The molecule has 9 heteroatoms. The summed E-state index contributed by atoms with van der Waals surface area (Å²) >= 11 is 7.87. The second-order valence-electron chi connectivity index (χ2n) is 11.4. The second kappa shape index (κ2) is 12.5. The van der Waals surface area contributed by atoms with Gasteiger partial charge < -0.3 is 14.6 Å². The number of halogens is 1. The largest absolute Gasteiger partial charge is 0.497 e. The maximum atomic E-state index is 14.5. The topological polar surface area (TPSA) is 77.6 Å². The molecule has 3 heterocycles. The number of allylic oxidation sites excluding steroid dienone is 1. The van der Waals surface area contributed by atoms with Gasteiger partial charge in [-0.15, -0.1) is 0 Å².